The molecule has 2 rings (SSSR count). The Hall–Kier alpha value is -1.92. The van der Waals surface area contributed by atoms with Crippen LogP contribution in [0.2, 0.25) is 0 Å². The molecule has 2 atom stereocenters. The van der Waals surface area contributed by atoms with E-state index in [0.29, 0.717) is 38.3 Å². The second kappa shape index (κ2) is 7.57. The molecule has 6 nitrogen and oxygen atoms in total. The Kier molecular flexibility index (Phi) is 5.74. The van der Waals surface area contributed by atoms with Gasteiger partial charge >= 0.3 is 0 Å². The number of ether oxygens (including phenoxy) is 1. The fourth-order valence-electron chi connectivity index (χ4n) is 2.57. The zero-order valence-electron chi connectivity index (χ0n) is 13.7. The van der Waals surface area contributed by atoms with Crippen LogP contribution < -0.4 is 11.1 Å². The van der Waals surface area contributed by atoms with Crippen LogP contribution in [-0.2, 0) is 19.9 Å². The summed E-state index contributed by atoms with van der Waals surface area (Å²) < 4.78 is 5.26. The number of amides is 2. The summed E-state index contributed by atoms with van der Waals surface area (Å²) >= 11 is 0. The quantitative estimate of drug-likeness (QED) is 0.833. The van der Waals surface area contributed by atoms with Gasteiger partial charge in [-0.05, 0) is 18.9 Å². The first kappa shape index (κ1) is 17.4. The average Bonchev–Trinajstić information content (AvgIpc) is 2.60. The molecular weight excluding hydrogens is 294 g/mol. The number of carbonyl (C=O) groups is 2. The maximum atomic E-state index is 12.6. The van der Waals surface area contributed by atoms with Crippen LogP contribution in [0.4, 0.5) is 0 Å². The smallest absolute Gasteiger partial charge is 0.245 e. The molecule has 2 unspecified atom stereocenters. The van der Waals surface area contributed by atoms with E-state index in [2.05, 4.69) is 5.32 Å². The van der Waals surface area contributed by atoms with Crippen LogP contribution in [0.1, 0.15) is 25.8 Å². The summed E-state index contributed by atoms with van der Waals surface area (Å²) in [5.74, 6) is -0.426. The highest BCUT2D eigenvalue weighted by atomic mass is 16.5. The van der Waals surface area contributed by atoms with E-state index in [9.17, 15) is 9.59 Å². The molecule has 0 saturated carbocycles. The minimum Gasteiger partial charge on any atom is -0.378 e. The van der Waals surface area contributed by atoms with Crippen molar-refractivity contribution < 1.29 is 14.3 Å². The number of hydrogen-bond donors (Lipinski definition) is 2. The maximum Gasteiger partial charge on any atom is 0.245 e. The largest absolute Gasteiger partial charge is 0.378 e. The summed E-state index contributed by atoms with van der Waals surface area (Å²) in [5, 5.41) is 2.81. The van der Waals surface area contributed by atoms with Gasteiger partial charge in [-0.15, -0.1) is 0 Å². The Labute approximate surface area is 137 Å². The van der Waals surface area contributed by atoms with Gasteiger partial charge in [-0.25, -0.2) is 0 Å². The Balaban J connectivity index is 2.05. The van der Waals surface area contributed by atoms with Gasteiger partial charge in [0.25, 0.3) is 0 Å². The molecule has 1 heterocycles. The molecule has 2 amide bonds. The van der Waals surface area contributed by atoms with Crippen molar-refractivity contribution in [1.82, 2.24) is 10.2 Å². The van der Waals surface area contributed by atoms with Crippen molar-refractivity contribution in [1.29, 1.82) is 0 Å². The van der Waals surface area contributed by atoms with Gasteiger partial charge in [0.05, 0.1) is 13.2 Å². The van der Waals surface area contributed by atoms with Gasteiger partial charge in [-0.2, -0.15) is 0 Å². The van der Waals surface area contributed by atoms with Gasteiger partial charge in [0, 0.05) is 13.1 Å². The van der Waals surface area contributed by atoms with Gasteiger partial charge in [-0.3, -0.25) is 9.59 Å². The molecule has 1 aliphatic rings. The van der Waals surface area contributed by atoms with Crippen molar-refractivity contribution in [3.8, 4) is 0 Å². The lowest BCUT2D eigenvalue weighted by Crippen LogP contribution is -2.57. The predicted octanol–water partition coefficient (Wildman–Crippen LogP) is 0.614. The Bertz CT molecular complexity index is 539. The highest BCUT2D eigenvalue weighted by molar-refractivity contribution is 5.92. The van der Waals surface area contributed by atoms with Crippen molar-refractivity contribution >= 4 is 11.8 Å². The van der Waals surface area contributed by atoms with Crippen molar-refractivity contribution in [2.24, 2.45) is 5.73 Å². The Morgan fingerprint density at radius 1 is 1.30 bits per heavy atom. The third kappa shape index (κ3) is 4.09. The molecule has 6 heteroatoms. The lowest BCUT2D eigenvalue weighted by Gasteiger charge is -2.32. The fraction of sp³-hybridized carbons (Fsp3) is 0.529. The normalized spacial score (nSPS) is 18.8. The van der Waals surface area contributed by atoms with E-state index in [4.69, 9.17) is 10.5 Å². The van der Waals surface area contributed by atoms with Gasteiger partial charge in [0.2, 0.25) is 11.8 Å². The van der Waals surface area contributed by atoms with Crippen LogP contribution in [-0.4, -0.2) is 49.1 Å². The van der Waals surface area contributed by atoms with E-state index < -0.39 is 11.6 Å². The highest BCUT2D eigenvalue weighted by Gasteiger charge is 2.34. The zero-order chi connectivity index (χ0) is 16.9. The highest BCUT2D eigenvalue weighted by Crippen LogP contribution is 2.18. The number of nitrogens with two attached hydrogens (primary N) is 1. The Morgan fingerprint density at radius 3 is 2.48 bits per heavy atom. The van der Waals surface area contributed by atoms with E-state index in [1.165, 1.54) is 0 Å². The molecule has 126 valence electrons. The van der Waals surface area contributed by atoms with Crippen LogP contribution in [0.5, 0.6) is 0 Å². The minimum atomic E-state index is -1.18. The number of carbonyl (C=O) groups excluding carboxylic acids is 2. The monoisotopic (exact) mass is 319 g/mol. The third-order valence-electron chi connectivity index (χ3n) is 4.18. The van der Waals surface area contributed by atoms with E-state index in [0.717, 1.165) is 0 Å². The maximum absolute atomic E-state index is 12.6. The molecule has 23 heavy (non-hydrogen) atoms. The SMILES string of the molecule is CCC(NC(=O)C(C)(N)c1ccccc1)C(=O)N1CCOCC1. The number of hydrogen-bond acceptors (Lipinski definition) is 4. The number of benzene rings is 1. The predicted molar refractivity (Wildman–Crippen MR) is 87.6 cm³/mol. The first-order valence-electron chi connectivity index (χ1n) is 7.98. The van der Waals surface area contributed by atoms with Crippen LogP contribution in [0.25, 0.3) is 0 Å². The molecule has 0 radical (unpaired) electrons. The van der Waals surface area contributed by atoms with E-state index >= 15 is 0 Å². The van der Waals surface area contributed by atoms with Crippen LogP contribution in [0.15, 0.2) is 30.3 Å². The first-order valence-corrected chi connectivity index (χ1v) is 7.98. The van der Waals surface area contributed by atoms with Gasteiger partial charge in [0.1, 0.15) is 11.6 Å². The van der Waals surface area contributed by atoms with Crippen molar-refractivity contribution in [3.63, 3.8) is 0 Å². The topological polar surface area (TPSA) is 84.7 Å². The molecular formula is C17H25N3O3. The Morgan fingerprint density at radius 2 is 1.91 bits per heavy atom. The number of morpholine rings is 1. The summed E-state index contributed by atoms with van der Waals surface area (Å²) in [5.41, 5.74) is 5.74. The summed E-state index contributed by atoms with van der Waals surface area (Å²) in [4.78, 5) is 26.9. The summed E-state index contributed by atoms with van der Waals surface area (Å²) in [7, 11) is 0. The van der Waals surface area contributed by atoms with Crippen molar-refractivity contribution in [2.45, 2.75) is 31.8 Å². The fourth-order valence-corrected chi connectivity index (χ4v) is 2.57. The third-order valence-corrected chi connectivity index (χ3v) is 4.18. The van der Waals surface area contributed by atoms with E-state index in [1.807, 2.05) is 37.3 Å². The number of rotatable bonds is 5. The second-order valence-corrected chi connectivity index (χ2v) is 5.94. The van der Waals surface area contributed by atoms with E-state index in [-0.39, 0.29) is 11.8 Å². The van der Waals surface area contributed by atoms with Gasteiger partial charge in [-0.1, -0.05) is 37.3 Å². The zero-order valence-corrected chi connectivity index (χ0v) is 13.7. The number of nitrogens with zero attached hydrogens (tertiary/aromatic N) is 1. The minimum absolute atomic E-state index is 0.0759. The molecule has 1 fully saturated rings. The molecule has 1 aromatic rings. The van der Waals surface area contributed by atoms with Crippen LogP contribution in [0.3, 0.4) is 0 Å². The molecule has 0 bridgehead atoms. The summed E-state index contributed by atoms with van der Waals surface area (Å²) in [6.07, 6.45) is 0.521. The second-order valence-electron chi connectivity index (χ2n) is 5.94. The van der Waals surface area contributed by atoms with Crippen LogP contribution >= 0.6 is 0 Å². The molecule has 3 N–H and O–H groups in total. The van der Waals surface area contributed by atoms with E-state index in [1.54, 1.807) is 11.8 Å². The summed E-state index contributed by atoms with van der Waals surface area (Å²) in [6.45, 7) is 5.72. The average molecular weight is 319 g/mol. The molecule has 0 aromatic heterocycles. The lowest BCUT2D eigenvalue weighted by atomic mass is 9.92. The van der Waals surface area contributed by atoms with Crippen molar-refractivity contribution in [2.75, 3.05) is 26.3 Å². The first-order chi connectivity index (χ1) is 11.0. The molecule has 0 spiro atoms. The van der Waals surface area contributed by atoms with Crippen LogP contribution in [0, 0.1) is 0 Å². The lowest BCUT2D eigenvalue weighted by molar-refractivity contribution is -0.141. The summed E-state index contributed by atoms with van der Waals surface area (Å²) in [6, 6.07) is 8.60. The van der Waals surface area contributed by atoms with Crippen molar-refractivity contribution in [3.05, 3.63) is 35.9 Å². The standard InChI is InChI=1S/C17H25N3O3/c1-3-14(15(21)20-9-11-23-12-10-20)19-16(22)17(2,18)13-7-5-4-6-8-13/h4-8,14H,3,9-12,18H2,1-2H3,(H,19,22). The molecule has 1 aromatic carbocycles. The van der Waals surface area contributed by atoms with Gasteiger partial charge < -0.3 is 20.7 Å². The number of nitrogens with one attached hydrogen (secondary N) is 1. The molecule has 1 aliphatic heterocycles. The molecule has 0 aliphatic carbocycles. The molecule has 1 saturated heterocycles. The van der Waals surface area contributed by atoms with Gasteiger partial charge in [0.15, 0.2) is 0 Å².